The molecule has 3 rings (SSSR count). The molecule has 148 valence electrons. The molecule has 4 heteroatoms. The van der Waals surface area contributed by atoms with Gasteiger partial charge in [-0.05, 0) is 74.1 Å². The number of carbonyl (C=O) groups is 2. The first-order chi connectivity index (χ1) is 12.6. The number of rotatable bonds is 3. The fraction of sp³-hybridized carbons (Fsp3) is 0.652. The Morgan fingerprint density at radius 1 is 1.07 bits per heavy atom. The van der Waals surface area contributed by atoms with Crippen molar-refractivity contribution >= 4 is 17.5 Å². The van der Waals surface area contributed by atoms with Gasteiger partial charge in [-0.2, -0.15) is 0 Å². The minimum absolute atomic E-state index is 0.0499. The maximum Gasteiger partial charge on any atom is 0.227 e. The summed E-state index contributed by atoms with van der Waals surface area (Å²) in [6.45, 7) is 11.5. The molecule has 2 fully saturated rings. The van der Waals surface area contributed by atoms with Crippen LogP contribution in [0.4, 0.5) is 5.69 Å². The van der Waals surface area contributed by atoms with Gasteiger partial charge in [0.25, 0.3) is 0 Å². The molecule has 27 heavy (non-hydrogen) atoms. The van der Waals surface area contributed by atoms with Gasteiger partial charge in [0.15, 0.2) is 0 Å². The monoisotopic (exact) mass is 370 g/mol. The van der Waals surface area contributed by atoms with E-state index in [9.17, 15) is 9.59 Å². The summed E-state index contributed by atoms with van der Waals surface area (Å²) in [6.07, 6.45) is 4.76. The maximum atomic E-state index is 12.7. The van der Waals surface area contributed by atoms with Crippen molar-refractivity contribution < 1.29 is 9.59 Å². The summed E-state index contributed by atoms with van der Waals surface area (Å²) < 4.78 is 0. The van der Waals surface area contributed by atoms with Gasteiger partial charge < -0.3 is 10.2 Å². The molecule has 1 atom stereocenters. The molecular weight excluding hydrogens is 336 g/mol. The number of amides is 2. The van der Waals surface area contributed by atoms with Crippen molar-refractivity contribution in [2.45, 2.75) is 72.8 Å². The van der Waals surface area contributed by atoms with Crippen molar-refractivity contribution in [1.82, 2.24) is 5.32 Å². The van der Waals surface area contributed by atoms with Crippen molar-refractivity contribution in [1.29, 1.82) is 0 Å². The second-order valence-electron chi connectivity index (χ2n) is 9.60. The Morgan fingerprint density at radius 3 is 2.33 bits per heavy atom. The lowest BCUT2D eigenvalue weighted by Gasteiger charge is -2.37. The summed E-state index contributed by atoms with van der Waals surface area (Å²) >= 11 is 0. The van der Waals surface area contributed by atoms with Gasteiger partial charge in [0.1, 0.15) is 0 Å². The smallest absolute Gasteiger partial charge is 0.227 e. The lowest BCUT2D eigenvalue weighted by atomic mass is 9.71. The number of hydrogen-bond donors (Lipinski definition) is 1. The molecule has 1 saturated carbocycles. The summed E-state index contributed by atoms with van der Waals surface area (Å²) in [5, 5.41) is 3.23. The molecule has 0 aromatic heterocycles. The van der Waals surface area contributed by atoms with E-state index in [1.54, 1.807) is 4.90 Å². The average molecular weight is 371 g/mol. The minimum atomic E-state index is -0.237. The second kappa shape index (κ2) is 7.65. The van der Waals surface area contributed by atoms with E-state index in [1.807, 2.05) is 18.2 Å². The Labute approximate surface area is 163 Å². The number of carbonyl (C=O) groups excluding carboxylic acids is 2. The Bertz CT molecular complexity index is 712. The van der Waals surface area contributed by atoms with E-state index in [0.717, 1.165) is 24.4 Å². The number of hydrogen-bond acceptors (Lipinski definition) is 2. The van der Waals surface area contributed by atoms with Gasteiger partial charge in [0, 0.05) is 24.7 Å². The van der Waals surface area contributed by atoms with Crippen LogP contribution in [0.1, 0.15) is 64.0 Å². The van der Waals surface area contributed by atoms with Crippen molar-refractivity contribution in [3.05, 3.63) is 29.3 Å². The number of benzene rings is 1. The SMILES string of the molecule is Cc1ccc(N2C[C@H](C(=O)NC3CCC(C(C)(C)C)CC3)CC2=O)cc1C. The Kier molecular flexibility index (Phi) is 5.64. The molecule has 1 heterocycles. The van der Waals surface area contributed by atoms with Crippen LogP contribution >= 0.6 is 0 Å². The zero-order valence-corrected chi connectivity index (χ0v) is 17.5. The van der Waals surface area contributed by atoms with Crippen LogP contribution in [-0.2, 0) is 9.59 Å². The van der Waals surface area contributed by atoms with Gasteiger partial charge in [0.05, 0.1) is 5.92 Å². The van der Waals surface area contributed by atoms with E-state index < -0.39 is 0 Å². The van der Waals surface area contributed by atoms with Crippen LogP contribution in [0.2, 0.25) is 0 Å². The normalized spacial score (nSPS) is 26.3. The molecule has 0 radical (unpaired) electrons. The van der Waals surface area contributed by atoms with Crippen molar-refractivity contribution in [2.75, 3.05) is 11.4 Å². The number of nitrogens with one attached hydrogen (secondary N) is 1. The third-order valence-electron chi connectivity index (χ3n) is 6.60. The Balaban J connectivity index is 1.56. The van der Waals surface area contributed by atoms with Crippen molar-refractivity contribution in [3.8, 4) is 0 Å². The molecular formula is C23H34N2O2. The van der Waals surface area contributed by atoms with Gasteiger partial charge in [0.2, 0.25) is 11.8 Å². The highest BCUT2D eigenvalue weighted by Gasteiger charge is 2.37. The van der Waals surface area contributed by atoms with Crippen molar-refractivity contribution in [2.24, 2.45) is 17.3 Å². The van der Waals surface area contributed by atoms with E-state index in [1.165, 1.54) is 24.0 Å². The zero-order chi connectivity index (χ0) is 19.8. The average Bonchev–Trinajstić information content (AvgIpc) is 2.99. The van der Waals surface area contributed by atoms with E-state index in [0.29, 0.717) is 18.4 Å². The summed E-state index contributed by atoms with van der Waals surface area (Å²) in [4.78, 5) is 27.0. The zero-order valence-electron chi connectivity index (χ0n) is 17.5. The first-order valence-corrected chi connectivity index (χ1v) is 10.3. The molecule has 2 amide bonds. The van der Waals surface area contributed by atoms with Gasteiger partial charge in [-0.25, -0.2) is 0 Å². The summed E-state index contributed by atoms with van der Waals surface area (Å²) in [5.74, 6) is 0.599. The molecule has 4 nitrogen and oxygen atoms in total. The van der Waals surface area contributed by atoms with E-state index in [4.69, 9.17) is 0 Å². The van der Waals surface area contributed by atoms with Crippen LogP contribution in [0.25, 0.3) is 0 Å². The molecule has 2 aliphatic rings. The van der Waals surface area contributed by atoms with E-state index in [2.05, 4.69) is 39.9 Å². The highest BCUT2D eigenvalue weighted by molar-refractivity contribution is 6.00. The van der Waals surface area contributed by atoms with Crippen molar-refractivity contribution in [3.63, 3.8) is 0 Å². The third-order valence-corrected chi connectivity index (χ3v) is 6.60. The fourth-order valence-electron chi connectivity index (χ4n) is 4.45. The third kappa shape index (κ3) is 4.53. The summed E-state index contributed by atoms with van der Waals surface area (Å²) in [7, 11) is 0. The van der Waals surface area contributed by atoms with Gasteiger partial charge in [-0.15, -0.1) is 0 Å². The molecule has 1 aromatic rings. The highest BCUT2D eigenvalue weighted by atomic mass is 16.2. The standard InChI is InChI=1S/C23H34N2O2/c1-15-6-11-20(12-16(15)2)25-14-17(13-21(25)26)22(27)24-19-9-7-18(8-10-19)23(3,4)5/h6,11-12,17-19H,7-10,13-14H2,1-5H3,(H,24,27)/t17-,18?,19?/m1/s1. The van der Waals surface area contributed by atoms with Crippen LogP contribution in [0.5, 0.6) is 0 Å². The number of aryl methyl sites for hydroxylation is 2. The maximum absolute atomic E-state index is 12.7. The van der Waals surface area contributed by atoms with E-state index in [-0.39, 0.29) is 23.8 Å². The second-order valence-corrected chi connectivity index (χ2v) is 9.60. The van der Waals surface area contributed by atoms with Crippen LogP contribution in [0, 0.1) is 31.1 Å². The number of anilines is 1. The lowest BCUT2D eigenvalue weighted by molar-refractivity contribution is -0.127. The first-order valence-electron chi connectivity index (χ1n) is 10.3. The molecule has 1 N–H and O–H groups in total. The first kappa shape index (κ1) is 19.9. The predicted octanol–water partition coefficient (Wildman–Crippen LogP) is 4.38. The number of nitrogens with zero attached hydrogens (tertiary/aromatic N) is 1. The molecule has 0 spiro atoms. The van der Waals surface area contributed by atoms with E-state index >= 15 is 0 Å². The van der Waals surface area contributed by atoms with Crippen LogP contribution in [0.15, 0.2) is 18.2 Å². The van der Waals surface area contributed by atoms with Crippen LogP contribution < -0.4 is 10.2 Å². The summed E-state index contributed by atoms with van der Waals surface area (Å²) in [5.41, 5.74) is 3.64. The van der Waals surface area contributed by atoms with Gasteiger partial charge in [-0.1, -0.05) is 26.8 Å². The topological polar surface area (TPSA) is 49.4 Å². The predicted molar refractivity (Wildman–Crippen MR) is 110 cm³/mol. The Hall–Kier alpha value is -1.84. The molecule has 1 aromatic carbocycles. The van der Waals surface area contributed by atoms with Gasteiger partial charge in [-0.3, -0.25) is 9.59 Å². The molecule has 0 unspecified atom stereocenters. The molecule has 1 aliphatic carbocycles. The Morgan fingerprint density at radius 2 is 1.74 bits per heavy atom. The van der Waals surface area contributed by atoms with Gasteiger partial charge >= 0.3 is 0 Å². The molecule has 0 bridgehead atoms. The quantitative estimate of drug-likeness (QED) is 0.858. The summed E-state index contributed by atoms with van der Waals surface area (Å²) in [6, 6.07) is 6.33. The largest absolute Gasteiger partial charge is 0.353 e. The lowest BCUT2D eigenvalue weighted by Crippen LogP contribution is -2.42. The molecule has 1 aliphatic heterocycles. The van der Waals surface area contributed by atoms with Crippen LogP contribution in [-0.4, -0.2) is 24.4 Å². The fourth-order valence-corrected chi connectivity index (χ4v) is 4.45. The van der Waals surface area contributed by atoms with Crippen LogP contribution in [0.3, 0.4) is 0 Å². The minimum Gasteiger partial charge on any atom is -0.353 e. The highest BCUT2D eigenvalue weighted by Crippen LogP contribution is 2.38. The molecule has 1 saturated heterocycles.